The molecule has 7 nitrogen and oxygen atoms in total. The van der Waals surface area contributed by atoms with Crippen molar-refractivity contribution in [2.75, 3.05) is 31.1 Å². The quantitative estimate of drug-likeness (QED) is 0.484. The Morgan fingerprint density at radius 3 is 2.25 bits per heavy atom. The van der Waals surface area contributed by atoms with E-state index >= 15 is 0 Å². The lowest BCUT2D eigenvalue weighted by atomic mass is 10.00. The third-order valence-corrected chi connectivity index (χ3v) is 6.89. The van der Waals surface area contributed by atoms with Crippen LogP contribution in [-0.2, 0) is 6.54 Å². The molecule has 3 aromatic rings. The Morgan fingerprint density at radius 1 is 0.917 bits per heavy atom. The molecule has 0 radical (unpaired) electrons. The van der Waals surface area contributed by atoms with Gasteiger partial charge in [0.1, 0.15) is 0 Å². The molecular formula is C29H35N5O2. The van der Waals surface area contributed by atoms with E-state index in [0.717, 1.165) is 49.5 Å². The Kier molecular flexibility index (Phi) is 8.33. The van der Waals surface area contributed by atoms with E-state index in [1.165, 1.54) is 0 Å². The van der Waals surface area contributed by atoms with Gasteiger partial charge in [-0.2, -0.15) is 0 Å². The van der Waals surface area contributed by atoms with E-state index < -0.39 is 5.91 Å². The van der Waals surface area contributed by atoms with Crippen LogP contribution in [0.2, 0.25) is 0 Å². The van der Waals surface area contributed by atoms with Crippen LogP contribution in [0.1, 0.15) is 53.1 Å². The number of anilines is 2. The summed E-state index contributed by atoms with van der Waals surface area (Å²) in [6.45, 7) is 8.08. The molecule has 0 aliphatic carbocycles. The number of nitrogens with zero attached hydrogens (tertiary/aromatic N) is 4. The van der Waals surface area contributed by atoms with Gasteiger partial charge in [0, 0.05) is 67.5 Å². The second-order valence-electron chi connectivity index (χ2n) is 9.14. The lowest BCUT2D eigenvalue weighted by Gasteiger charge is -2.40. The van der Waals surface area contributed by atoms with Crippen molar-refractivity contribution in [3.05, 3.63) is 89.7 Å². The highest BCUT2D eigenvalue weighted by Crippen LogP contribution is 2.33. The third kappa shape index (κ3) is 5.91. The first-order chi connectivity index (χ1) is 17.5. The minimum atomic E-state index is -0.442. The topological polar surface area (TPSA) is 82.8 Å². The monoisotopic (exact) mass is 485 g/mol. The number of rotatable bonds is 9. The molecule has 1 aromatic heterocycles. The first-order valence-corrected chi connectivity index (χ1v) is 12.7. The normalized spacial score (nSPS) is 14.4. The number of benzene rings is 2. The molecule has 1 saturated heterocycles. The number of piperidine rings is 1. The van der Waals surface area contributed by atoms with Gasteiger partial charge in [0.2, 0.25) is 5.91 Å². The average Bonchev–Trinajstić information content (AvgIpc) is 2.91. The third-order valence-electron chi connectivity index (χ3n) is 6.89. The molecular weight excluding hydrogens is 450 g/mol. The number of nitrogens with two attached hydrogens (primary N) is 1. The number of carbonyl (C=O) groups is 2. The van der Waals surface area contributed by atoms with Gasteiger partial charge in [-0.25, -0.2) is 0 Å². The zero-order valence-corrected chi connectivity index (χ0v) is 21.1. The van der Waals surface area contributed by atoms with Crippen LogP contribution in [-0.4, -0.2) is 58.8 Å². The minimum Gasteiger partial charge on any atom is -0.366 e. The number of hydrogen-bond donors (Lipinski definition) is 1. The maximum Gasteiger partial charge on any atom is 0.253 e. The SMILES string of the molecule is CCN(CC)C(=O)c1ccc(N(c2cccc(C(N)=O)c2)C2CCN(Cc3ccccn3)CC2)cc1. The van der Waals surface area contributed by atoms with Crippen LogP contribution in [0.5, 0.6) is 0 Å². The molecule has 188 valence electrons. The van der Waals surface area contributed by atoms with Crippen molar-refractivity contribution in [3.8, 4) is 0 Å². The number of amides is 2. The van der Waals surface area contributed by atoms with E-state index in [1.54, 1.807) is 6.07 Å². The van der Waals surface area contributed by atoms with Gasteiger partial charge in [0.25, 0.3) is 5.91 Å². The maximum atomic E-state index is 12.8. The summed E-state index contributed by atoms with van der Waals surface area (Å²) in [5, 5.41) is 0. The molecule has 1 aliphatic rings. The predicted molar refractivity (Wildman–Crippen MR) is 143 cm³/mol. The number of aromatic nitrogens is 1. The summed E-state index contributed by atoms with van der Waals surface area (Å²) in [6, 6.07) is 21.6. The highest BCUT2D eigenvalue weighted by molar-refractivity contribution is 5.95. The van der Waals surface area contributed by atoms with E-state index in [1.807, 2.05) is 79.5 Å². The molecule has 1 fully saturated rings. The van der Waals surface area contributed by atoms with Crippen LogP contribution in [0.4, 0.5) is 11.4 Å². The van der Waals surface area contributed by atoms with Crippen molar-refractivity contribution in [2.24, 2.45) is 5.73 Å². The molecule has 1 aliphatic heterocycles. The molecule has 0 unspecified atom stereocenters. The van der Waals surface area contributed by atoms with Crippen molar-refractivity contribution in [3.63, 3.8) is 0 Å². The Balaban J connectivity index is 1.58. The summed E-state index contributed by atoms with van der Waals surface area (Å²) in [5.74, 6) is -0.404. The summed E-state index contributed by atoms with van der Waals surface area (Å²) < 4.78 is 0. The largest absolute Gasteiger partial charge is 0.366 e. The van der Waals surface area contributed by atoms with Gasteiger partial charge in [-0.05, 0) is 81.3 Å². The zero-order valence-electron chi connectivity index (χ0n) is 21.1. The first kappa shape index (κ1) is 25.4. The molecule has 0 spiro atoms. The number of pyridine rings is 1. The predicted octanol–water partition coefficient (Wildman–Crippen LogP) is 4.47. The fraction of sp³-hybridized carbons (Fsp3) is 0.345. The fourth-order valence-electron chi connectivity index (χ4n) is 4.89. The van der Waals surface area contributed by atoms with Crippen molar-refractivity contribution >= 4 is 23.2 Å². The zero-order chi connectivity index (χ0) is 25.5. The van der Waals surface area contributed by atoms with Gasteiger partial charge < -0.3 is 15.5 Å². The van der Waals surface area contributed by atoms with Gasteiger partial charge in [0.05, 0.1) is 5.69 Å². The maximum absolute atomic E-state index is 12.8. The smallest absolute Gasteiger partial charge is 0.253 e. The van der Waals surface area contributed by atoms with Crippen LogP contribution in [0.3, 0.4) is 0 Å². The van der Waals surface area contributed by atoms with E-state index in [4.69, 9.17) is 5.73 Å². The van der Waals surface area contributed by atoms with Gasteiger partial charge in [-0.3, -0.25) is 19.5 Å². The molecule has 0 saturated carbocycles. The van der Waals surface area contributed by atoms with Gasteiger partial charge in [-0.15, -0.1) is 0 Å². The summed E-state index contributed by atoms with van der Waals surface area (Å²) in [6.07, 6.45) is 3.77. The van der Waals surface area contributed by atoms with Crippen LogP contribution in [0, 0.1) is 0 Å². The first-order valence-electron chi connectivity index (χ1n) is 12.7. The van der Waals surface area contributed by atoms with Crippen molar-refractivity contribution in [2.45, 2.75) is 39.3 Å². The average molecular weight is 486 g/mol. The summed E-state index contributed by atoms with van der Waals surface area (Å²) in [4.78, 5) is 35.7. The summed E-state index contributed by atoms with van der Waals surface area (Å²) in [5.41, 5.74) is 9.75. The van der Waals surface area contributed by atoms with Gasteiger partial charge in [-0.1, -0.05) is 12.1 Å². The number of primary amides is 1. The number of carbonyl (C=O) groups excluding carboxylic acids is 2. The number of hydrogen-bond acceptors (Lipinski definition) is 5. The molecule has 36 heavy (non-hydrogen) atoms. The second-order valence-corrected chi connectivity index (χ2v) is 9.14. The molecule has 2 heterocycles. The molecule has 0 atom stereocenters. The Hall–Kier alpha value is -3.71. The van der Waals surface area contributed by atoms with Crippen LogP contribution in [0.15, 0.2) is 72.9 Å². The van der Waals surface area contributed by atoms with Crippen molar-refractivity contribution < 1.29 is 9.59 Å². The molecule has 2 N–H and O–H groups in total. The fourth-order valence-corrected chi connectivity index (χ4v) is 4.89. The molecule has 2 aromatic carbocycles. The van der Waals surface area contributed by atoms with Gasteiger partial charge >= 0.3 is 0 Å². The van der Waals surface area contributed by atoms with Crippen LogP contribution >= 0.6 is 0 Å². The Morgan fingerprint density at radius 2 is 1.64 bits per heavy atom. The lowest BCUT2D eigenvalue weighted by molar-refractivity contribution is 0.0772. The van der Waals surface area contributed by atoms with E-state index in [-0.39, 0.29) is 11.9 Å². The minimum absolute atomic E-state index is 0.0386. The Bertz CT molecular complexity index is 1150. The van der Waals surface area contributed by atoms with Crippen LogP contribution in [0.25, 0.3) is 0 Å². The summed E-state index contributed by atoms with van der Waals surface area (Å²) >= 11 is 0. The highest BCUT2D eigenvalue weighted by atomic mass is 16.2. The van der Waals surface area contributed by atoms with E-state index in [2.05, 4.69) is 20.9 Å². The molecule has 4 rings (SSSR count). The lowest BCUT2D eigenvalue weighted by Crippen LogP contribution is -2.43. The van der Waals surface area contributed by atoms with E-state index in [9.17, 15) is 9.59 Å². The van der Waals surface area contributed by atoms with Crippen molar-refractivity contribution in [1.29, 1.82) is 0 Å². The van der Waals surface area contributed by atoms with E-state index in [0.29, 0.717) is 24.2 Å². The Labute approximate surface area is 213 Å². The molecule has 7 heteroatoms. The molecule has 2 amide bonds. The van der Waals surface area contributed by atoms with Crippen molar-refractivity contribution in [1.82, 2.24) is 14.8 Å². The highest BCUT2D eigenvalue weighted by Gasteiger charge is 2.27. The summed E-state index contributed by atoms with van der Waals surface area (Å²) in [7, 11) is 0. The molecule has 0 bridgehead atoms. The standard InChI is InChI=1S/C29H35N5O2/c1-3-33(4-2)29(36)22-11-13-25(14-12-22)34(27-10-7-8-23(20-27)28(30)35)26-15-18-32(19-16-26)21-24-9-5-6-17-31-24/h5-14,17,20,26H,3-4,15-16,18-19,21H2,1-2H3,(H2,30,35). The van der Waals surface area contributed by atoms with Crippen LogP contribution < -0.4 is 10.6 Å². The second kappa shape index (κ2) is 11.8. The van der Waals surface area contributed by atoms with Gasteiger partial charge in [0.15, 0.2) is 0 Å². The number of likely N-dealkylation sites (tertiary alicyclic amines) is 1.